The summed E-state index contributed by atoms with van der Waals surface area (Å²) in [6.45, 7) is 3.76. The number of nitriles is 1. The zero-order chi connectivity index (χ0) is 16.0. The molecule has 0 aliphatic rings. The second-order valence-electron chi connectivity index (χ2n) is 4.45. The van der Waals surface area contributed by atoms with Crippen molar-refractivity contribution < 1.29 is 14.3 Å². The molecule has 0 bridgehead atoms. The van der Waals surface area contributed by atoms with E-state index in [0.717, 1.165) is 0 Å². The number of carbonyl (C=O) groups excluding carboxylic acids is 1. The third-order valence-electron chi connectivity index (χ3n) is 2.51. The molecule has 1 N–H and O–H groups in total. The summed E-state index contributed by atoms with van der Waals surface area (Å²) >= 11 is 6.18. The fourth-order valence-corrected chi connectivity index (χ4v) is 1.89. The standard InChI is InChI=1S/C15H17ClN2O3/c1-9(2)21-14-12(16)6-10(7-13(14)20-4)5-11(8-17)15(19)18-3/h5-7,9H,1-4H3,(H,18,19)/b11-5+. The van der Waals surface area contributed by atoms with Crippen LogP contribution in [0.2, 0.25) is 5.02 Å². The quantitative estimate of drug-likeness (QED) is 0.670. The average Bonchev–Trinajstić information content (AvgIpc) is 2.45. The number of hydrogen-bond acceptors (Lipinski definition) is 4. The molecule has 6 heteroatoms. The number of nitrogens with zero attached hydrogens (tertiary/aromatic N) is 1. The zero-order valence-electron chi connectivity index (χ0n) is 12.4. The molecule has 0 fully saturated rings. The lowest BCUT2D eigenvalue weighted by molar-refractivity contribution is -0.116. The van der Waals surface area contributed by atoms with Gasteiger partial charge in [-0.05, 0) is 37.6 Å². The maximum atomic E-state index is 11.5. The van der Waals surface area contributed by atoms with Crippen LogP contribution in [0.25, 0.3) is 6.08 Å². The van der Waals surface area contributed by atoms with Crippen LogP contribution >= 0.6 is 11.6 Å². The molecule has 5 nitrogen and oxygen atoms in total. The molecule has 0 atom stereocenters. The molecular weight excluding hydrogens is 292 g/mol. The molecule has 0 aromatic heterocycles. The predicted octanol–water partition coefficient (Wildman–Crippen LogP) is 2.79. The van der Waals surface area contributed by atoms with Crippen LogP contribution in [0.4, 0.5) is 0 Å². The summed E-state index contributed by atoms with van der Waals surface area (Å²) in [5.41, 5.74) is 0.557. The van der Waals surface area contributed by atoms with Crippen molar-refractivity contribution in [3.05, 3.63) is 28.3 Å². The van der Waals surface area contributed by atoms with Gasteiger partial charge >= 0.3 is 0 Å². The number of rotatable bonds is 5. The molecular formula is C15H17ClN2O3. The Hall–Kier alpha value is -2.19. The summed E-state index contributed by atoms with van der Waals surface area (Å²) in [5.74, 6) is 0.413. The lowest BCUT2D eigenvalue weighted by Crippen LogP contribution is -2.19. The van der Waals surface area contributed by atoms with Gasteiger partial charge in [-0.2, -0.15) is 5.26 Å². The highest BCUT2D eigenvalue weighted by Gasteiger charge is 2.14. The SMILES string of the molecule is CNC(=O)/C(C#N)=C/c1cc(Cl)c(OC(C)C)c(OC)c1. The van der Waals surface area contributed by atoms with Gasteiger partial charge in [0.1, 0.15) is 11.6 Å². The largest absolute Gasteiger partial charge is 0.493 e. The van der Waals surface area contributed by atoms with Gasteiger partial charge in [0.2, 0.25) is 0 Å². The average molecular weight is 309 g/mol. The summed E-state index contributed by atoms with van der Waals surface area (Å²) < 4.78 is 10.8. The third-order valence-corrected chi connectivity index (χ3v) is 2.79. The van der Waals surface area contributed by atoms with Crippen LogP contribution in [0, 0.1) is 11.3 Å². The van der Waals surface area contributed by atoms with Gasteiger partial charge in [0.25, 0.3) is 5.91 Å². The lowest BCUT2D eigenvalue weighted by atomic mass is 10.1. The molecule has 21 heavy (non-hydrogen) atoms. The van der Waals surface area contributed by atoms with Gasteiger partial charge in [0.15, 0.2) is 11.5 Å². The summed E-state index contributed by atoms with van der Waals surface area (Å²) in [7, 11) is 2.96. The van der Waals surface area contributed by atoms with Gasteiger partial charge < -0.3 is 14.8 Å². The van der Waals surface area contributed by atoms with E-state index in [1.807, 2.05) is 19.9 Å². The van der Waals surface area contributed by atoms with Crippen molar-refractivity contribution in [1.82, 2.24) is 5.32 Å². The molecule has 0 spiro atoms. The highest BCUT2D eigenvalue weighted by atomic mass is 35.5. The smallest absolute Gasteiger partial charge is 0.261 e. The van der Waals surface area contributed by atoms with Crippen molar-refractivity contribution in [1.29, 1.82) is 5.26 Å². The van der Waals surface area contributed by atoms with Crippen LogP contribution in [-0.2, 0) is 4.79 Å². The number of benzene rings is 1. The van der Waals surface area contributed by atoms with Crippen molar-refractivity contribution in [2.24, 2.45) is 0 Å². The molecule has 0 radical (unpaired) electrons. The molecule has 1 aromatic carbocycles. The van der Waals surface area contributed by atoms with E-state index in [4.69, 9.17) is 26.3 Å². The van der Waals surface area contributed by atoms with E-state index in [1.54, 1.807) is 12.1 Å². The minimum absolute atomic E-state index is 0.0202. The fraction of sp³-hybridized carbons (Fsp3) is 0.333. The fourth-order valence-electron chi connectivity index (χ4n) is 1.62. The van der Waals surface area contributed by atoms with E-state index in [2.05, 4.69) is 5.32 Å². The Morgan fingerprint density at radius 2 is 2.14 bits per heavy atom. The van der Waals surface area contributed by atoms with E-state index in [-0.39, 0.29) is 11.7 Å². The second-order valence-corrected chi connectivity index (χ2v) is 4.86. The summed E-state index contributed by atoms with van der Waals surface area (Å²) in [6, 6.07) is 5.11. The molecule has 1 amide bonds. The Bertz CT molecular complexity index is 604. The van der Waals surface area contributed by atoms with Crippen molar-refractivity contribution >= 4 is 23.6 Å². The number of methoxy groups -OCH3 is 1. The molecule has 0 heterocycles. The molecule has 0 aliphatic heterocycles. The van der Waals surface area contributed by atoms with Crippen LogP contribution in [0.5, 0.6) is 11.5 Å². The van der Waals surface area contributed by atoms with E-state index in [9.17, 15) is 4.79 Å². The van der Waals surface area contributed by atoms with Crippen LogP contribution in [0.15, 0.2) is 17.7 Å². The van der Waals surface area contributed by atoms with Gasteiger partial charge in [-0.1, -0.05) is 11.6 Å². The van der Waals surface area contributed by atoms with Crippen LogP contribution < -0.4 is 14.8 Å². The van der Waals surface area contributed by atoms with Gasteiger partial charge in [-0.25, -0.2) is 0 Å². The minimum atomic E-state index is -0.463. The topological polar surface area (TPSA) is 71.4 Å². The zero-order valence-corrected chi connectivity index (χ0v) is 13.1. The number of likely N-dealkylation sites (N-methyl/N-ethyl adjacent to an activating group) is 1. The normalized spacial score (nSPS) is 11.0. The van der Waals surface area contributed by atoms with Crippen molar-refractivity contribution in [3.8, 4) is 17.6 Å². The maximum Gasteiger partial charge on any atom is 0.261 e. The summed E-state index contributed by atoms with van der Waals surface area (Å²) in [5, 5.41) is 11.7. The molecule has 0 aliphatic carbocycles. The van der Waals surface area contributed by atoms with E-state index in [0.29, 0.717) is 22.1 Å². The van der Waals surface area contributed by atoms with Crippen LogP contribution in [-0.4, -0.2) is 26.2 Å². The Labute approximate surface area is 129 Å². The first-order valence-electron chi connectivity index (χ1n) is 6.31. The van der Waals surface area contributed by atoms with Crippen molar-refractivity contribution in [2.75, 3.05) is 14.2 Å². The molecule has 0 unspecified atom stereocenters. The van der Waals surface area contributed by atoms with Crippen molar-refractivity contribution in [2.45, 2.75) is 20.0 Å². The molecule has 0 saturated carbocycles. The molecule has 1 aromatic rings. The first-order valence-corrected chi connectivity index (χ1v) is 6.68. The number of halogens is 1. The van der Waals surface area contributed by atoms with Crippen molar-refractivity contribution in [3.63, 3.8) is 0 Å². The van der Waals surface area contributed by atoms with Gasteiger partial charge in [-0.3, -0.25) is 4.79 Å². The van der Waals surface area contributed by atoms with E-state index >= 15 is 0 Å². The third kappa shape index (κ3) is 4.40. The number of amides is 1. The monoisotopic (exact) mass is 308 g/mol. The minimum Gasteiger partial charge on any atom is -0.493 e. The Kier molecular flexibility index (Phi) is 6.07. The van der Waals surface area contributed by atoms with Gasteiger partial charge in [0, 0.05) is 7.05 Å². The maximum absolute atomic E-state index is 11.5. The highest BCUT2D eigenvalue weighted by Crippen LogP contribution is 2.37. The number of ether oxygens (including phenoxy) is 2. The second kappa shape index (κ2) is 7.55. The Morgan fingerprint density at radius 1 is 1.48 bits per heavy atom. The Morgan fingerprint density at radius 3 is 2.62 bits per heavy atom. The van der Waals surface area contributed by atoms with Gasteiger partial charge in [0.05, 0.1) is 18.2 Å². The first-order chi connectivity index (χ1) is 9.92. The van der Waals surface area contributed by atoms with Crippen LogP contribution in [0.1, 0.15) is 19.4 Å². The van der Waals surface area contributed by atoms with E-state index < -0.39 is 5.91 Å². The van der Waals surface area contributed by atoms with E-state index in [1.165, 1.54) is 20.2 Å². The lowest BCUT2D eigenvalue weighted by Gasteiger charge is -2.15. The highest BCUT2D eigenvalue weighted by molar-refractivity contribution is 6.32. The van der Waals surface area contributed by atoms with Gasteiger partial charge in [-0.15, -0.1) is 0 Å². The first kappa shape index (κ1) is 16.9. The Balaban J connectivity index is 3.29. The summed E-state index contributed by atoms with van der Waals surface area (Å²) in [4.78, 5) is 11.5. The number of hydrogen-bond donors (Lipinski definition) is 1. The predicted molar refractivity (Wildman–Crippen MR) is 81.4 cm³/mol. The molecule has 1 rings (SSSR count). The van der Waals surface area contributed by atoms with Crippen LogP contribution in [0.3, 0.4) is 0 Å². The summed E-state index contributed by atoms with van der Waals surface area (Å²) in [6.07, 6.45) is 1.38. The number of nitrogens with one attached hydrogen (secondary N) is 1. The molecule has 112 valence electrons. The molecule has 0 saturated heterocycles. The number of carbonyl (C=O) groups is 1.